The van der Waals surface area contributed by atoms with E-state index in [0.717, 1.165) is 0 Å². The summed E-state index contributed by atoms with van der Waals surface area (Å²) in [6, 6.07) is 3.07. The topological polar surface area (TPSA) is 77.1 Å². The van der Waals surface area contributed by atoms with Crippen molar-refractivity contribution in [2.24, 2.45) is 0 Å². The zero-order valence-corrected chi connectivity index (χ0v) is 12.3. The largest absolute Gasteiger partial charge is 0.493 e. The summed E-state index contributed by atoms with van der Waals surface area (Å²) in [5.74, 6) is -1.25. The van der Waals surface area contributed by atoms with Crippen LogP contribution in [0.2, 0.25) is 0 Å². The molecule has 1 aromatic carbocycles. The second-order valence-corrected chi connectivity index (χ2v) is 4.54. The van der Waals surface area contributed by atoms with Crippen molar-refractivity contribution in [1.29, 1.82) is 0 Å². The van der Waals surface area contributed by atoms with Crippen molar-refractivity contribution >= 4 is 21.9 Å². The van der Waals surface area contributed by atoms with Gasteiger partial charge >= 0.3 is 5.97 Å². The molecule has 0 fully saturated rings. The Morgan fingerprint density at radius 1 is 1.45 bits per heavy atom. The van der Waals surface area contributed by atoms with Crippen LogP contribution in [-0.4, -0.2) is 35.1 Å². The molecule has 1 N–H and O–H groups in total. The molecule has 0 aliphatic rings. The number of H-pyrrole nitrogens is 1. The average Bonchev–Trinajstić information content (AvgIpc) is 2.91. The number of aromatic amines is 1. The molecule has 20 heavy (non-hydrogen) atoms. The van der Waals surface area contributed by atoms with Crippen LogP contribution < -0.4 is 4.74 Å². The normalized spacial score (nSPS) is 10.4. The Hall–Kier alpha value is -1.96. The highest BCUT2D eigenvalue weighted by Crippen LogP contribution is 2.36. The van der Waals surface area contributed by atoms with Crippen LogP contribution in [0.4, 0.5) is 4.39 Å². The third kappa shape index (κ3) is 2.51. The van der Waals surface area contributed by atoms with Crippen molar-refractivity contribution in [3.63, 3.8) is 0 Å². The van der Waals surface area contributed by atoms with Crippen LogP contribution in [-0.2, 0) is 4.74 Å². The molecule has 2 rings (SSSR count). The molecule has 2 aromatic rings. The van der Waals surface area contributed by atoms with Gasteiger partial charge in [0.25, 0.3) is 0 Å². The SMILES string of the molecule is CCOC(=O)c1n[nH]nc1-c1ccc(Br)c(F)c1OC. The van der Waals surface area contributed by atoms with Gasteiger partial charge < -0.3 is 9.47 Å². The number of hydrogen-bond donors (Lipinski definition) is 1. The molecular formula is C12H11BrFN3O3. The third-order valence-electron chi connectivity index (χ3n) is 2.53. The van der Waals surface area contributed by atoms with E-state index in [2.05, 4.69) is 31.3 Å². The molecule has 0 aliphatic carbocycles. The highest BCUT2D eigenvalue weighted by atomic mass is 79.9. The summed E-state index contributed by atoms with van der Waals surface area (Å²) in [7, 11) is 1.33. The van der Waals surface area contributed by atoms with Crippen molar-refractivity contribution < 1.29 is 18.7 Å². The first-order valence-electron chi connectivity index (χ1n) is 5.70. The van der Waals surface area contributed by atoms with Gasteiger partial charge in [-0.05, 0) is 35.0 Å². The second kappa shape index (κ2) is 6.00. The van der Waals surface area contributed by atoms with Gasteiger partial charge in [0.2, 0.25) is 0 Å². The lowest BCUT2D eigenvalue weighted by molar-refractivity contribution is 0.0520. The fourth-order valence-electron chi connectivity index (χ4n) is 1.68. The fourth-order valence-corrected chi connectivity index (χ4v) is 1.99. The Labute approximate surface area is 122 Å². The van der Waals surface area contributed by atoms with Crippen LogP contribution in [0.1, 0.15) is 17.4 Å². The number of benzene rings is 1. The lowest BCUT2D eigenvalue weighted by Crippen LogP contribution is -2.07. The summed E-state index contributed by atoms with van der Waals surface area (Å²) in [6.07, 6.45) is 0. The van der Waals surface area contributed by atoms with Crippen LogP contribution in [0.15, 0.2) is 16.6 Å². The summed E-state index contributed by atoms with van der Waals surface area (Å²) in [5.41, 5.74) is 0.462. The molecule has 8 heteroatoms. The summed E-state index contributed by atoms with van der Waals surface area (Å²) in [6.45, 7) is 1.88. The number of hydrogen-bond acceptors (Lipinski definition) is 5. The quantitative estimate of drug-likeness (QED) is 0.863. The standard InChI is InChI=1S/C12H11BrFN3O3/c1-3-20-12(18)10-9(15-17-16-10)6-4-5-7(13)8(14)11(6)19-2/h4-5H,3H2,1-2H3,(H,15,16,17). The molecule has 0 unspecified atom stereocenters. The molecule has 0 bridgehead atoms. The van der Waals surface area contributed by atoms with E-state index in [1.807, 2.05) is 0 Å². The molecule has 0 saturated heterocycles. The van der Waals surface area contributed by atoms with Crippen LogP contribution in [0.5, 0.6) is 5.75 Å². The number of ether oxygens (including phenoxy) is 2. The lowest BCUT2D eigenvalue weighted by atomic mass is 10.1. The molecule has 0 amide bonds. The maximum Gasteiger partial charge on any atom is 0.361 e. The van der Waals surface area contributed by atoms with E-state index in [1.165, 1.54) is 13.2 Å². The second-order valence-electron chi connectivity index (χ2n) is 3.68. The highest BCUT2D eigenvalue weighted by Gasteiger charge is 2.24. The third-order valence-corrected chi connectivity index (χ3v) is 3.14. The van der Waals surface area contributed by atoms with Crippen molar-refractivity contribution in [2.45, 2.75) is 6.92 Å². The number of nitrogens with one attached hydrogen (secondary N) is 1. The number of carbonyl (C=O) groups excluding carboxylic acids is 1. The zero-order valence-electron chi connectivity index (χ0n) is 10.7. The smallest absolute Gasteiger partial charge is 0.361 e. The number of aromatic nitrogens is 3. The molecule has 0 saturated carbocycles. The van der Waals surface area contributed by atoms with E-state index in [-0.39, 0.29) is 28.2 Å². The molecule has 0 atom stereocenters. The average molecular weight is 344 g/mol. The molecule has 0 radical (unpaired) electrons. The maximum absolute atomic E-state index is 14.0. The van der Waals surface area contributed by atoms with Gasteiger partial charge in [-0.2, -0.15) is 10.3 Å². The zero-order chi connectivity index (χ0) is 14.7. The van der Waals surface area contributed by atoms with Crippen molar-refractivity contribution in [3.05, 3.63) is 28.1 Å². The van der Waals surface area contributed by atoms with Gasteiger partial charge in [-0.1, -0.05) is 0 Å². The van der Waals surface area contributed by atoms with E-state index in [4.69, 9.17) is 9.47 Å². The Morgan fingerprint density at radius 3 is 2.85 bits per heavy atom. The number of methoxy groups -OCH3 is 1. The van der Waals surface area contributed by atoms with Crippen molar-refractivity contribution in [2.75, 3.05) is 13.7 Å². The number of nitrogens with zero attached hydrogens (tertiary/aromatic N) is 2. The van der Waals surface area contributed by atoms with E-state index in [0.29, 0.717) is 5.56 Å². The van der Waals surface area contributed by atoms with Crippen molar-refractivity contribution in [1.82, 2.24) is 15.4 Å². The number of halogens is 2. The molecule has 1 heterocycles. The summed E-state index contributed by atoms with van der Waals surface area (Å²) in [5, 5.41) is 9.94. The maximum atomic E-state index is 14.0. The molecule has 1 aromatic heterocycles. The van der Waals surface area contributed by atoms with Crippen LogP contribution in [0.3, 0.4) is 0 Å². The number of rotatable bonds is 4. The first kappa shape index (κ1) is 14.4. The summed E-state index contributed by atoms with van der Waals surface area (Å²) in [4.78, 5) is 11.8. The van der Waals surface area contributed by atoms with E-state index >= 15 is 0 Å². The molecule has 0 aliphatic heterocycles. The lowest BCUT2D eigenvalue weighted by Gasteiger charge is -2.09. The van der Waals surface area contributed by atoms with E-state index < -0.39 is 11.8 Å². The predicted molar refractivity (Wildman–Crippen MR) is 72.0 cm³/mol. The van der Waals surface area contributed by atoms with Crippen LogP contribution in [0.25, 0.3) is 11.3 Å². The van der Waals surface area contributed by atoms with Gasteiger partial charge in [-0.3, -0.25) is 0 Å². The molecule has 6 nitrogen and oxygen atoms in total. The first-order valence-corrected chi connectivity index (χ1v) is 6.49. The van der Waals surface area contributed by atoms with Crippen LogP contribution in [0, 0.1) is 5.82 Å². The number of carbonyl (C=O) groups is 1. The molecule has 0 spiro atoms. The first-order chi connectivity index (χ1) is 9.60. The Balaban J connectivity index is 2.56. The Morgan fingerprint density at radius 2 is 2.20 bits per heavy atom. The minimum Gasteiger partial charge on any atom is -0.493 e. The Bertz CT molecular complexity index is 645. The van der Waals surface area contributed by atoms with E-state index in [1.54, 1.807) is 13.0 Å². The molecular weight excluding hydrogens is 333 g/mol. The van der Waals surface area contributed by atoms with Crippen LogP contribution >= 0.6 is 15.9 Å². The Kier molecular flexibility index (Phi) is 4.33. The summed E-state index contributed by atoms with van der Waals surface area (Å²) >= 11 is 3.07. The van der Waals surface area contributed by atoms with Gasteiger partial charge in [-0.15, -0.1) is 5.10 Å². The van der Waals surface area contributed by atoms with Gasteiger partial charge in [-0.25, -0.2) is 9.18 Å². The number of esters is 1. The summed E-state index contributed by atoms with van der Waals surface area (Å²) < 4.78 is 24.1. The van der Waals surface area contributed by atoms with Gasteiger partial charge in [0.15, 0.2) is 17.3 Å². The van der Waals surface area contributed by atoms with Crippen molar-refractivity contribution in [3.8, 4) is 17.0 Å². The fraction of sp³-hybridized carbons (Fsp3) is 0.250. The monoisotopic (exact) mass is 343 g/mol. The molecule has 106 valence electrons. The van der Waals surface area contributed by atoms with E-state index in [9.17, 15) is 9.18 Å². The minimum absolute atomic E-state index is 0.0214. The van der Waals surface area contributed by atoms with Gasteiger partial charge in [0.05, 0.1) is 18.2 Å². The highest BCUT2D eigenvalue weighted by molar-refractivity contribution is 9.10. The predicted octanol–water partition coefficient (Wildman–Crippen LogP) is 2.56. The van der Waals surface area contributed by atoms with Gasteiger partial charge in [0.1, 0.15) is 5.69 Å². The van der Waals surface area contributed by atoms with Gasteiger partial charge in [0, 0.05) is 5.56 Å². The minimum atomic E-state index is -0.637.